The zero-order chi connectivity index (χ0) is 8.85. The number of hydrogen-bond donors (Lipinski definition) is 3. The molecule has 0 radical (unpaired) electrons. The lowest BCUT2D eigenvalue weighted by molar-refractivity contribution is -0.138. The van der Waals surface area contributed by atoms with Crippen molar-refractivity contribution in [1.29, 1.82) is 0 Å². The molecule has 0 bridgehead atoms. The molecule has 2 N–H and O–H groups in total. The molecule has 0 aromatic carbocycles. The Bertz CT molecular complexity index is 133. The SMILES string of the molecule is CC(C)CN[C@H](CS)C(=O)O.Cl. The van der Waals surface area contributed by atoms with E-state index in [0.29, 0.717) is 11.7 Å². The van der Waals surface area contributed by atoms with Crippen LogP contribution in [-0.2, 0) is 4.79 Å². The number of carbonyl (C=O) groups is 1. The van der Waals surface area contributed by atoms with Crippen molar-refractivity contribution in [3.8, 4) is 0 Å². The molecule has 74 valence electrons. The maximum atomic E-state index is 10.4. The van der Waals surface area contributed by atoms with Crippen molar-refractivity contribution < 1.29 is 9.90 Å². The third-order valence-electron chi connectivity index (χ3n) is 1.25. The maximum absolute atomic E-state index is 10.4. The Morgan fingerprint density at radius 2 is 2.08 bits per heavy atom. The smallest absolute Gasteiger partial charge is 0.321 e. The van der Waals surface area contributed by atoms with Crippen LogP contribution in [0.4, 0.5) is 0 Å². The van der Waals surface area contributed by atoms with Gasteiger partial charge in [0.2, 0.25) is 0 Å². The molecule has 0 saturated heterocycles. The van der Waals surface area contributed by atoms with Gasteiger partial charge in [0, 0.05) is 5.75 Å². The molecule has 0 heterocycles. The highest BCUT2D eigenvalue weighted by Gasteiger charge is 2.13. The summed E-state index contributed by atoms with van der Waals surface area (Å²) in [6.45, 7) is 4.78. The Hall–Kier alpha value is 0.0700. The van der Waals surface area contributed by atoms with E-state index in [9.17, 15) is 4.79 Å². The molecule has 3 nitrogen and oxygen atoms in total. The monoisotopic (exact) mass is 213 g/mol. The van der Waals surface area contributed by atoms with Crippen molar-refractivity contribution in [1.82, 2.24) is 5.32 Å². The number of rotatable bonds is 5. The molecule has 0 aliphatic heterocycles. The lowest BCUT2D eigenvalue weighted by Gasteiger charge is -2.12. The summed E-state index contributed by atoms with van der Waals surface area (Å²) in [7, 11) is 0. The first-order valence-corrected chi connectivity index (χ1v) is 4.28. The molecule has 0 fully saturated rings. The average Bonchev–Trinajstić information content (AvgIpc) is 1.87. The van der Waals surface area contributed by atoms with Gasteiger partial charge in [0.05, 0.1) is 0 Å². The minimum absolute atomic E-state index is 0. The standard InChI is InChI=1S/C7H15NO2S.ClH/c1-5(2)3-8-6(4-11)7(9)10;/h5-6,8,11H,3-4H2,1-2H3,(H,9,10);1H/t6-;/m1./s1. The Kier molecular flexibility index (Phi) is 9.37. The van der Waals surface area contributed by atoms with Gasteiger partial charge >= 0.3 is 5.97 Å². The van der Waals surface area contributed by atoms with Crippen LogP contribution < -0.4 is 5.32 Å². The van der Waals surface area contributed by atoms with Crippen molar-refractivity contribution >= 4 is 31.0 Å². The highest BCUT2D eigenvalue weighted by molar-refractivity contribution is 7.80. The normalized spacial score (nSPS) is 12.3. The predicted octanol–water partition coefficient (Wildman–Crippen LogP) is 1.04. The molecule has 0 spiro atoms. The second-order valence-corrected chi connectivity index (χ2v) is 3.24. The number of nitrogens with one attached hydrogen (secondary N) is 1. The van der Waals surface area contributed by atoms with Crippen LogP contribution in [0.2, 0.25) is 0 Å². The summed E-state index contributed by atoms with van der Waals surface area (Å²) < 4.78 is 0. The third-order valence-corrected chi connectivity index (χ3v) is 1.62. The summed E-state index contributed by atoms with van der Waals surface area (Å²) in [6, 6.07) is -0.513. The fraction of sp³-hybridized carbons (Fsp3) is 0.857. The number of thiol groups is 1. The zero-order valence-electron chi connectivity index (χ0n) is 7.28. The molecule has 0 unspecified atom stereocenters. The van der Waals surface area contributed by atoms with E-state index in [4.69, 9.17) is 5.11 Å². The molecule has 0 aliphatic carbocycles. The number of hydrogen-bond acceptors (Lipinski definition) is 3. The number of carboxylic acid groups (broad SMARTS) is 1. The topological polar surface area (TPSA) is 49.3 Å². The van der Waals surface area contributed by atoms with Gasteiger partial charge in [0.1, 0.15) is 6.04 Å². The molecule has 0 aliphatic rings. The van der Waals surface area contributed by atoms with Gasteiger partial charge in [-0.2, -0.15) is 12.6 Å². The van der Waals surface area contributed by atoms with E-state index in [-0.39, 0.29) is 12.4 Å². The van der Waals surface area contributed by atoms with Gasteiger partial charge in [0.25, 0.3) is 0 Å². The van der Waals surface area contributed by atoms with Gasteiger partial charge in [-0.15, -0.1) is 12.4 Å². The first kappa shape index (κ1) is 14.6. The average molecular weight is 214 g/mol. The highest BCUT2D eigenvalue weighted by atomic mass is 35.5. The Morgan fingerprint density at radius 3 is 2.33 bits per heavy atom. The summed E-state index contributed by atoms with van der Waals surface area (Å²) in [5.74, 6) is -0.0282. The van der Waals surface area contributed by atoms with Crippen molar-refractivity contribution in [3.63, 3.8) is 0 Å². The van der Waals surface area contributed by atoms with Crippen molar-refractivity contribution in [2.24, 2.45) is 5.92 Å². The van der Waals surface area contributed by atoms with Crippen LogP contribution in [0, 0.1) is 5.92 Å². The predicted molar refractivity (Wildman–Crippen MR) is 55.4 cm³/mol. The van der Waals surface area contributed by atoms with Crippen LogP contribution in [0.3, 0.4) is 0 Å². The molecule has 12 heavy (non-hydrogen) atoms. The van der Waals surface area contributed by atoms with Gasteiger partial charge in [-0.05, 0) is 12.5 Å². The molecule has 5 heteroatoms. The number of aliphatic carboxylic acids is 1. The molecule has 0 amide bonds. The lowest BCUT2D eigenvalue weighted by atomic mass is 10.2. The molecule has 0 saturated carbocycles. The first-order chi connectivity index (χ1) is 5.07. The highest BCUT2D eigenvalue weighted by Crippen LogP contribution is 1.92. The fourth-order valence-electron chi connectivity index (χ4n) is 0.608. The van der Waals surface area contributed by atoms with E-state index >= 15 is 0 Å². The van der Waals surface area contributed by atoms with Gasteiger partial charge in [-0.3, -0.25) is 4.79 Å². The lowest BCUT2D eigenvalue weighted by Crippen LogP contribution is -2.40. The summed E-state index contributed by atoms with van der Waals surface area (Å²) in [6.07, 6.45) is 0. The quantitative estimate of drug-likeness (QED) is 0.599. The fourth-order valence-corrected chi connectivity index (χ4v) is 0.893. The van der Waals surface area contributed by atoms with Crippen LogP contribution in [0.1, 0.15) is 13.8 Å². The summed E-state index contributed by atoms with van der Waals surface area (Å²) in [5.41, 5.74) is 0. The van der Waals surface area contributed by atoms with Crippen LogP contribution in [-0.4, -0.2) is 29.4 Å². The van der Waals surface area contributed by atoms with E-state index in [1.54, 1.807) is 0 Å². The van der Waals surface area contributed by atoms with Crippen LogP contribution >= 0.6 is 25.0 Å². The largest absolute Gasteiger partial charge is 0.480 e. The van der Waals surface area contributed by atoms with Gasteiger partial charge in [-0.25, -0.2) is 0 Å². The van der Waals surface area contributed by atoms with Gasteiger partial charge in [0.15, 0.2) is 0 Å². The van der Waals surface area contributed by atoms with Crippen LogP contribution in [0.15, 0.2) is 0 Å². The second kappa shape index (κ2) is 7.71. The Morgan fingerprint density at radius 1 is 1.58 bits per heavy atom. The van der Waals surface area contributed by atoms with Crippen molar-refractivity contribution in [3.05, 3.63) is 0 Å². The Balaban J connectivity index is 0. The maximum Gasteiger partial charge on any atom is 0.321 e. The molecule has 0 aromatic rings. The molecule has 1 atom stereocenters. The Labute approximate surface area is 84.7 Å². The summed E-state index contributed by atoms with van der Waals surface area (Å²) in [5, 5.41) is 11.5. The minimum Gasteiger partial charge on any atom is -0.480 e. The molecular formula is C7H16ClNO2S. The van der Waals surface area contributed by atoms with Crippen LogP contribution in [0.25, 0.3) is 0 Å². The third kappa shape index (κ3) is 6.76. The minimum atomic E-state index is -0.833. The van der Waals surface area contributed by atoms with E-state index in [2.05, 4.69) is 17.9 Å². The van der Waals surface area contributed by atoms with E-state index in [1.165, 1.54) is 0 Å². The molecule has 0 rings (SSSR count). The summed E-state index contributed by atoms with van der Waals surface area (Å²) >= 11 is 3.91. The zero-order valence-corrected chi connectivity index (χ0v) is 8.99. The van der Waals surface area contributed by atoms with E-state index < -0.39 is 12.0 Å². The molecular weight excluding hydrogens is 198 g/mol. The van der Waals surface area contributed by atoms with Crippen molar-refractivity contribution in [2.45, 2.75) is 19.9 Å². The number of carboxylic acids is 1. The molecule has 0 aromatic heterocycles. The van der Waals surface area contributed by atoms with Gasteiger partial charge in [-0.1, -0.05) is 13.8 Å². The second-order valence-electron chi connectivity index (χ2n) is 2.88. The van der Waals surface area contributed by atoms with E-state index in [1.807, 2.05) is 13.8 Å². The van der Waals surface area contributed by atoms with Crippen molar-refractivity contribution in [2.75, 3.05) is 12.3 Å². The van der Waals surface area contributed by atoms with Crippen LogP contribution in [0.5, 0.6) is 0 Å². The number of halogens is 1. The first-order valence-electron chi connectivity index (χ1n) is 3.65. The van der Waals surface area contributed by atoms with E-state index in [0.717, 1.165) is 6.54 Å². The van der Waals surface area contributed by atoms with Gasteiger partial charge < -0.3 is 10.4 Å². The summed E-state index contributed by atoms with van der Waals surface area (Å²) in [4.78, 5) is 10.4.